The Morgan fingerprint density at radius 3 is 2.40 bits per heavy atom. The molecule has 2 aromatic rings. The molecule has 0 amide bonds. The summed E-state index contributed by atoms with van der Waals surface area (Å²) in [6, 6.07) is 6.22. The van der Waals surface area contributed by atoms with Crippen LogP contribution in [0.1, 0.15) is 12.7 Å². The first-order valence-electron chi connectivity index (χ1n) is 6.18. The van der Waals surface area contributed by atoms with Crippen molar-refractivity contribution >= 4 is 23.2 Å². The molecule has 1 heterocycles. The van der Waals surface area contributed by atoms with Crippen molar-refractivity contribution in [3.63, 3.8) is 0 Å². The molecule has 0 aliphatic heterocycles. The van der Waals surface area contributed by atoms with Gasteiger partial charge in [0.1, 0.15) is 21.9 Å². The van der Waals surface area contributed by atoms with Crippen LogP contribution in [0.3, 0.4) is 0 Å². The third-order valence-electron chi connectivity index (χ3n) is 2.68. The number of rotatable bonds is 5. The van der Waals surface area contributed by atoms with Gasteiger partial charge < -0.3 is 4.74 Å². The SMILES string of the molecule is CCOCCc1nc(Cl)c(-c2ccccc2F)c(Cl)n1. The molecule has 2 rings (SSSR count). The highest BCUT2D eigenvalue weighted by molar-refractivity contribution is 6.37. The first-order valence-corrected chi connectivity index (χ1v) is 6.93. The molecule has 0 atom stereocenters. The summed E-state index contributed by atoms with van der Waals surface area (Å²) in [5, 5.41) is 0.281. The fourth-order valence-electron chi connectivity index (χ4n) is 1.75. The molecule has 3 nitrogen and oxygen atoms in total. The molecular weight excluding hydrogens is 302 g/mol. The van der Waals surface area contributed by atoms with E-state index in [2.05, 4.69) is 9.97 Å². The largest absolute Gasteiger partial charge is 0.381 e. The van der Waals surface area contributed by atoms with E-state index in [0.29, 0.717) is 36.6 Å². The summed E-state index contributed by atoms with van der Waals surface area (Å²) in [7, 11) is 0. The number of aromatic nitrogens is 2. The van der Waals surface area contributed by atoms with Crippen molar-refractivity contribution in [3.8, 4) is 11.1 Å². The lowest BCUT2D eigenvalue weighted by Gasteiger charge is -2.09. The fourth-order valence-corrected chi connectivity index (χ4v) is 2.38. The summed E-state index contributed by atoms with van der Waals surface area (Å²) < 4.78 is 19.0. The Hall–Kier alpha value is -1.23. The van der Waals surface area contributed by atoms with E-state index in [-0.39, 0.29) is 10.3 Å². The topological polar surface area (TPSA) is 35.0 Å². The maximum absolute atomic E-state index is 13.8. The van der Waals surface area contributed by atoms with E-state index in [9.17, 15) is 4.39 Å². The second-order valence-electron chi connectivity index (χ2n) is 4.02. The smallest absolute Gasteiger partial charge is 0.142 e. The maximum Gasteiger partial charge on any atom is 0.142 e. The quantitative estimate of drug-likeness (QED) is 0.613. The number of hydrogen-bond acceptors (Lipinski definition) is 3. The van der Waals surface area contributed by atoms with Crippen molar-refractivity contribution in [2.75, 3.05) is 13.2 Å². The summed E-state index contributed by atoms with van der Waals surface area (Å²) in [6.07, 6.45) is 0.505. The Morgan fingerprint density at radius 1 is 1.15 bits per heavy atom. The lowest BCUT2D eigenvalue weighted by molar-refractivity contribution is 0.149. The second-order valence-corrected chi connectivity index (χ2v) is 4.74. The number of halogens is 3. The minimum Gasteiger partial charge on any atom is -0.381 e. The summed E-state index contributed by atoms with van der Waals surface area (Å²) in [5.74, 6) is 0.0653. The van der Waals surface area contributed by atoms with Crippen LogP contribution in [0.2, 0.25) is 10.3 Å². The fraction of sp³-hybridized carbons (Fsp3) is 0.286. The lowest BCUT2D eigenvalue weighted by atomic mass is 10.1. The summed E-state index contributed by atoms with van der Waals surface area (Å²) >= 11 is 12.2. The summed E-state index contributed by atoms with van der Waals surface area (Å²) in [5.41, 5.74) is 0.602. The highest BCUT2D eigenvalue weighted by Gasteiger charge is 2.16. The van der Waals surface area contributed by atoms with Crippen LogP contribution in [0.15, 0.2) is 24.3 Å². The molecule has 0 spiro atoms. The van der Waals surface area contributed by atoms with Gasteiger partial charge >= 0.3 is 0 Å². The van der Waals surface area contributed by atoms with Crippen molar-refractivity contribution in [1.29, 1.82) is 0 Å². The molecule has 0 aliphatic carbocycles. The molecule has 0 N–H and O–H groups in total. The monoisotopic (exact) mass is 314 g/mol. The average Bonchev–Trinajstić information content (AvgIpc) is 2.40. The number of hydrogen-bond donors (Lipinski definition) is 0. The molecule has 0 unspecified atom stereocenters. The van der Waals surface area contributed by atoms with Crippen molar-refractivity contribution in [2.24, 2.45) is 0 Å². The van der Waals surface area contributed by atoms with Crippen LogP contribution in [-0.4, -0.2) is 23.2 Å². The molecule has 0 saturated carbocycles. The van der Waals surface area contributed by atoms with Gasteiger partial charge in [-0.1, -0.05) is 41.4 Å². The van der Waals surface area contributed by atoms with Gasteiger partial charge in [0.25, 0.3) is 0 Å². The van der Waals surface area contributed by atoms with Gasteiger partial charge in [0, 0.05) is 18.6 Å². The van der Waals surface area contributed by atoms with Gasteiger partial charge in [-0.15, -0.1) is 0 Å². The molecule has 0 radical (unpaired) electrons. The normalized spacial score (nSPS) is 10.8. The molecule has 0 bridgehead atoms. The van der Waals surface area contributed by atoms with Crippen LogP contribution in [0, 0.1) is 5.82 Å². The van der Waals surface area contributed by atoms with Crippen LogP contribution in [0.25, 0.3) is 11.1 Å². The van der Waals surface area contributed by atoms with Crippen LogP contribution in [0.4, 0.5) is 4.39 Å². The molecule has 0 aliphatic rings. The van der Waals surface area contributed by atoms with Gasteiger partial charge in [0.15, 0.2) is 0 Å². The van der Waals surface area contributed by atoms with E-state index in [1.54, 1.807) is 18.2 Å². The van der Waals surface area contributed by atoms with Gasteiger partial charge in [-0.05, 0) is 13.0 Å². The van der Waals surface area contributed by atoms with E-state index in [4.69, 9.17) is 27.9 Å². The molecule has 0 fully saturated rings. The molecule has 106 valence electrons. The Balaban J connectivity index is 2.34. The zero-order chi connectivity index (χ0) is 14.5. The van der Waals surface area contributed by atoms with E-state index < -0.39 is 5.82 Å². The Kier molecular flexibility index (Phi) is 5.29. The van der Waals surface area contributed by atoms with E-state index >= 15 is 0 Å². The standard InChI is InChI=1S/C14H13Cl2FN2O/c1-2-20-8-7-11-18-13(15)12(14(16)19-11)9-5-3-4-6-10(9)17/h3-6H,2,7-8H2,1H3. The van der Waals surface area contributed by atoms with Crippen molar-refractivity contribution in [3.05, 3.63) is 46.2 Å². The van der Waals surface area contributed by atoms with E-state index in [0.717, 1.165) is 0 Å². The molecule has 6 heteroatoms. The van der Waals surface area contributed by atoms with Crippen LogP contribution in [0.5, 0.6) is 0 Å². The summed E-state index contributed by atoms with van der Waals surface area (Å²) in [4.78, 5) is 8.29. The summed E-state index contributed by atoms with van der Waals surface area (Å²) in [6.45, 7) is 3.01. The first kappa shape index (κ1) is 15.2. The predicted molar refractivity (Wildman–Crippen MR) is 77.6 cm³/mol. The highest BCUT2D eigenvalue weighted by atomic mass is 35.5. The minimum absolute atomic E-state index is 0.140. The van der Waals surface area contributed by atoms with Gasteiger partial charge in [-0.2, -0.15) is 0 Å². The van der Waals surface area contributed by atoms with Crippen LogP contribution >= 0.6 is 23.2 Å². The molecule has 1 aromatic carbocycles. The van der Waals surface area contributed by atoms with Gasteiger partial charge in [0.2, 0.25) is 0 Å². The van der Waals surface area contributed by atoms with Gasteiger partial charge in [0.05, 0.1) is 12.2 Å². The Bertz CT molecular complexity index is 584. The zero-order valence-corrected chi connectivity index (χ0v) is 12.4. The molecule has 1 aromatic heterocycles. The second kappa shape index (κ2) is 6.97. The predicted octanol–water partition coefficient (Wildman–Crippen LogP) is 4.17. The van der Waals surface area contributed by atoms with Crippen molar-refractivity contribution in [2.45, 2.75) is 13.3 Å². The first-order chi connectivity index (χ1) is 9.63. The van der Waals surface area contributed by atoms with Gasteiger partial charge in [-0.3, -0.25) is 0 Å². The van der Waals surface area contributed by atoms with Crippen molar-refractivity contribution < 1.29 is 9.13 Å². The minimum atomic E-state index is -0.415. The van der Waals surface area contributed by atoms with Crippen molar-refractivity contribution in [1.82, 2.24) is 9.97 Å². The number of nitrogens with zero attached hydrogens (tertiary/aromatic N) is 2. The zero-order valence-electron chi connectivity index (χ0n) is 10.9. The molecule has 20 heavy (non-hydrogen) atoms. The maximum atomic E-state index is 13.8. The average molecular weight is 315 g/mol. The highest BCUT2D eigenvalue weighted by Crippen LogP contribution is 2.33. The molecule has 0 saturated heterocycles. The van der Waals surface area contributed by atoms with E-state index in [1.165, 1.54) is 6.07 Å². The lowest BCUT2D eigenvalue weighted by Crippen LogP contribution is -2.04. The third-order valence-corrected chi connectivity index (χ3v) is 3.23. The van der Waals surface area contributed by atoms with Crippen LogP contribution < -0.4 is 0 Å². The van der Waals surface area contributed by atoms with Gasteiger partial charge in [-0.25, -0.2) is 14.4 Å². The number of benzene rings is 1. The Labute approximate surface area is 126 Å². The van der Waals surface area contributed by atoms with Crippen LogP contribution in [-0.2, 0) is 11.2 Å². The van der Waals surface area contributed by atoms with E-state index in [1.807, 2.05) is 6.92 Å². The number of ether oxygens (including phenoxy) is 1. The molecular formula is C14H13Cl2FN2O. The third kappa shape index (κ3) is 3.45. The Morgan fingerprint density at radius 2 is 1.80 bits per heavy atom.